The van der Waals surface area contributed by atoms with Gasteiger partial charge in [-0.25, -0.2) is 0 Å². The molecule has 1 aromatic heterocycles. The fourth-order valence-electron chi connectivity index (χ4n) is 3.47. The van der Waals surface area contributed by atoms with E-state index >= 15 is 0 Å². The van der Waals surface area contributed by atoms with Crippen molar-refractivity contribution >= 4 is 0 Å². The molecule has 1 aliphatic carbocycles. The molecule has 1 unspecified atom stereocenters. The molecule has 1 saturated heterocycles. The molecule has 0 spiro atoms. The molecule has 0 N–H and O–H groups in total. The van der Waals surface area contributed by atoms with Gasteiger partial charge in [0.2, 0.25) is 0 Å². The first-order valence-electron chi connectivity index (χ1n) is 8.24. The molecule has 1 aromatic rings. The molecule has 0 radical (unpaired) electrons. The minimum atomic E-state index is 0.879. The van der Waals surface area contributed by atoms with Crippen LogP contribution in [0.4, 0.5) is 0 Å². The van der Waals surface area contributed by atoms with Crippen molar-refractivity contribution < 1.29 is 4.52 Å². The first-order valence-corrected chi connectivity index (χ1v) is 8.24. The topological polar surface area (TPSA) is 32.5 Å². The predicted octanol–water partition coefficient (Wildman–Crippen LogP) is 2.77. The first-order chi connectivity index (χ1) is 10.2. The van der Waals surface area contributed by atoms with Crippen LogP contribution in [0.2, 0.25) is 0 Å². The Bertz CT molecular complexity index is 467. The molecule has 2 heterocycles. The summed E-state index contributed by atoms with van der Waals surface area (Å²) in [5.74, 6) is 1.85. The zero-order valence-corrected chi connectivity index (χ0v) is 13.3. The Kier molecular flexibility index (Phi) is 4.76. The Morgan fingerprint density at radius 1 is 1.14 bits per heavy atom. The summed E-state index contributed by atoms with van der Waals surface area (Å²) in [6.45, 7) is 11.0. The molecule has 21 heavy (non-hydrogen) atoms. The third-order valence-electron chi connectivity index (χ3n) is 4.92. The molecule has 0 amide bonds. The van der Waals surface area contributed by atoms with E-state index in [1.807, 2.05) is 13.8 Å². The highest BCUT2D eigenvalue weighted by atomic mass is 16.5. The third kappa shape index (κ3) is 3.74. The van der Waals surface area contributed by atoms with E-state index in [4.69, 9.17) is 4.52 Å². The van der Waals surface area contributed by atoms with Gasteiger partial charge < -0.3 is 9.42 Å². The monoisotopic (exact) mass is 289 g/mol. The van der Waals surface area contributed by atoms with Crippen LogP contribution in [0, 0.1) is 19.8 Å². The molecule has 3 rings (SSSR count). The van der Waals surface area contributed by atoms with Crippen molar-refractivity contribution in [3.8, 4) is 0 Å². The van der Waals surface area contributed by atoms with Crippen LogP contribution in [0.15, 0.2) is 16.7 Å². The van der Waals surface area contributed by atoms with Crippen molar-refractivity contribution in [3.05, 3.63) is 29.2 Å². The van der Waals surface area contributed by atoms with E-state index in [0.717, 1.165) is 37.0 Å². The lowest BCUT2D eigenvalue weighted by atomic mass is 9.94. The lowest BCUT2D eigenvalue weighted by Gasteiger charge is -2.36. The molecular weight excluding hydrogens is 262 g/mol. The van der Waals surface area contributed by atoms with Crippen molar-refractivity contribution in [2.45, 2.75) is 39.7 Å². The van der Waals surface area contributed by atoms with Crippen LogP contribution >= 0.6 is 0 Å². The van der Waals surface area contributed by atoms with Crippen LogP contribution in [0.25, 0.3) is 0 Å². The maximum absolute atomic E-state index is 5.26. The normalized spacial score (nSPS) is 24.6. The fraction of sp³-hybridized carbons (Fsp3) is 0.706. The second kappa shape index (κ2) is 6.75. The van der Waals surface area contributed by atoms with Crippen molar-refractivity contribution in [1.82, 2.24) is 15.0 Å². The lowest BCUT2D eigenvalue weighted by Crippen LogP contribution is -2.47. The van der Waals surface area contributed by atoms with E-state index in [-0.39, 0.29) is 0 Å². The van der Waals surface area contributed by atoms with Gasteiger partial charge in [-0.05, 0) is 39.0 Å². The standard InChI is InChI=1S/C17H27N3O/c1-14-17(15(2)21-18-14)13-20-10-8-19(9-11-20)12-16-6-4-3-5-7-16/h3-4,16H,5-13H2,1-2H3. The number of allylic oxidation sites excluding steroid dienone is 2. The lowest BCUT2D eigenvalue weighted by molar-refractivity contribution is 0.111. The molecule has 4 nitrogen and oxygen atoms in total. The van der Waals surface area contributed by atoms with Gasteiger partial charge in [0.1, 0.15) is 5.76 Å². The average Bonchev–Trinajstić information content (AvgIpc) is 2.82. The number of aromatic nitrogens is 1. The highest BCUT2D eigenvalue weighted by Crippen LogP contribution is 2.21. The second-order valence-corrected chi connectivity index (χ2v) is 6.53. The van der Waals surface area contributed by atoms with Crippen LogP contribution in [-0.4, -0.2) is 47.7 Å². The molecule has 0 bridgehead atoms. The van der Waals surface area contributed by atoms with E-state index in [9.17, 15) is 0 Å². The van der Waals surface area contributed by atoms with E-state index in [0.29, 0.717) is 0 Å². The largest absolute Gasteiger partial charge is 0.361 e. The van der Waals surface area contributed by atoms with Crippen LogP contribution in [-0.2, 0) is 6.54 Å². The van der Waals surface area contributed by atoms with Gasteiger partial charge in [0.05, 0.1) is 5.69 Å². The van der Waals surface area contributed by atoms with Gasteiger partial charge in [-0.15, -0.1) is 0 Å². The van der Waals surface area contributed by atoms with E-state index in [1.54, 1.807) is 0 Å². The van der Waals surface area contributed by atoms with Gasteiger partial charge in [-0.1, -0.05) is 17.3 Å². The fourth-order valence-corrected chi connectivity index (χ4v) is 3.47. The highest BCUT2D eigenvalue weighted by Gasteiger charge is 2.22. The third-order valence-corrected chi connectivity index (χ3v) is 4.92. The maximum Gasteiger partial charge on any atom is 0.138 e. The Morgan fingerprint density at radius 3 is 2.52 bits per heavy atom. The zero-order chi connectivity index (χ0) is 14.7. The molecule has 1 fully saturated rings. The molecule has 116 valence electrons. The Labute approximate surface area is 127 Å². The van der Waals surface area contributed by atoms with Gasteiger partial charge in [0, 0.05) is 44.8 Å². The molecule has 4 heteroatoms. The first kappa shape index (κ1) is 14.8. The number of rotatable bonds is 4. The van der Waals surface area contributed by atoms with Crippen LogP contribution in [0.3, 0.4) is 0 Å². The van der Waals surface area contributed by atoms with Crippen molar-refractivity contribution in [1.29, 1.82) is 0 Å². The number of hydrogen-bond donors (Lipinski definition) is 0. The number of nitrogens with zero attached hydrogens (tertiary/aromatic N) is 3. The van der Waals surface area contributed by atoms with Gasteiger partial charge in [-0.2, -0.15) is 0 Å². The predicted molar refractivity (Wildman–Crippen MR) is 84.2 cm³/mol. The van der Waals surface area contributed by atoms with E-state index in [1.165, 1.54) is 44.5 Å². The summed E-state index contributed by atoms with van der Waals surface area (Å²) in [5.41, 5.74) is 2.32. The zero-order valence-electron chi connectivity index (χ0n) is 13.3. The number of aryl methyl sites for hydroxylation is 2. The molecule has 0 aromatic carbocycles. The summed E-state index contributed by atoms with van der Waals surface area (Å²) in [4.78, 5) is 5.18. The van der Waals surface area contributed by atoms with Gasteiger partial charge in [0.15, 0.2) is 0 Å². The van der Waals surface area contributed by atoms with Crippen LogP contribution in [0.5, 0.6) is 0 Å². The maximum atomic E-state index is 5.26. The highest BCUT2D eigenvalue weighted by molar-refractivity contribution is 5.20. The summed E-state index contributed by atoms with van der Waals surface area (Å²) in [5, 5.41) is 4.06. The van der Waals surface area contributed by atoms with Gasteiger partial charge in [-0.3, -0.25) is 4.90 Å². The quantitative estimate of drug-likeness (QED) is 0.798. The van der Waals surface area contributed by atoms with Crippen molar-refractivity contribution in [2.24, 2.45) is 5.92 Å². The molecular formula is C17H27N3O. The van der Waals surface area contributed by atoms with Gasteiger partial charge >= 0.3 is 0 Å². The van der Waals surface area contributed by atoms with Gasteiger partial charge in [0.25, 0.3) is 0 Å². The van der Waals surface area contributed by atoms with Crippen LogP contribution < -0.4 is 0 Å². The summed E-state index contributed by atoms with van der Waals surface area (Å²) in [6, 6.07) is 0. The number of hydrogen-bond acceptors (Lipinski definition) is 4. The summed E-state index contributed by atoms with van der Waals surface area (Å²) in [6.07, 6.45) is 8.62. The summed E-state index contributed by atoms with van der Waals surface area (Å²) < 4.78 is 5.26. The molecule has 2 aliphatic rings. The molecule has 0 saturated carbocycles. The minimum absolute atomic E-state index is 0.879. The minimum Gasteiger partial charge on any atom is -0.361 e. The Morgan fingerprint density at radius 2 is 1.90 bits per heavy atom. The van der Waals surface area contributed by atoms with E-state index < -0.39 is 0 Å². The second-order valence-electron chi connectivity index (χ2n) is 6.53. The molecule has 1 atom stereocenters. The summed E-state index contributed by atoms with van der Waals surface area (Å²) >= 11 is 0. The van der Waals surface area contributed by atoms with Crippen molar-refractivity contribution in [2.75, 3.05) is 32.7 Å². The average molecular weight is 289 g/mol. The molecule has 1 aliphatic heterocycles. The van der Waals surface area contributed by atoms with Crippen molar-refractivity contribution in [3.63, 3.8) is 0 Å². The SMILES string of the molecule is Cc1noc(C)c1CN1CCN(CC2CC=CCC2)CC1. The number of piperazine rings is 1. The summed E-state index contributed by atoms with van der Waals surface area (Å²) in [7, 11) is 0. The Balaban J connectivity index is 1.45. The Hall–Kier alpha value is -1.13. The van der Waals surface area contributed by atoms with Crippen LogP contribution in [0.1, 0.15) is 36.3 Å². The smallest absolute Gasteiger partial charge is 0.138 e. The van der Waals surface area contributed by atoms with E-state index in [2.05, 4.69) is 27.1 Å².